The summed E-state index contributed by atoms with van der Waals surface area (Å²) in [6.45, 7) is 0. The maximum Gasteiger partial charge on any atom is -0.0776 e. The van der Waals surface area contributed by atoms with E-state index in [4.69, 9.17) is 0 Å². The second-order valence-corrected chi connectivity index (χ2v) is 0. The number of hydrogen-bond donors (Lipinski definition) is 0. The Kier molecular flexibility index (Phi) is 133000. The van der Waals surface area contributed by atoms with Gasteiger partial charge in [-0.3, -0.25) is 0 Å². The summed E-state index contributed by atoms with van der Waals surface area (Å²) < 4.78 is 0. The van der Waals surface area contributed by atoms with E-state index in [1.807, 2.05) is 0 Å². The molecule has 0 aliphatic carbocycles. The summed E-state index contributed by atoms with van der Waals surface area (Å²) in [5.41, 5.74) is 0. The average molecular weight is 448 g/mol. The highest BCUT2D eigenvalue weighted by Gasteiger charge is -0.0660. The van der Waals surface area contributed by atoms with Crippen LogP contribution in [-0.2, 0) is 0 Å². The van der Waals surface area contributed by atoms with Gasteiger partial charge in [-0.15, -0.1) is 48.0 Å². The van der Waals surface area contributed by atoms with Crippen LogP contribution in [0.25, 0.3) is 0 Å². The van der Waals surface area contributed by atoms with Crippen molar-refractivity contribution in [2.24, 2.45) is 0 Å². The van der Waals surface area contributed by atoms with Crippen molar-refractivity contribution in [2.75, 3.05) is 0 Å². The molecule has 0 saturated heterocycles. The zero-order valence-corrected chi connectivity index (χ0v) is 5.48. The third-order valence-electron chi connectivity index (χ3n) is 0. The Morgan fingerprint density at radius 2 is 0.143 bits per heavy atom. The minimum absolute atomic E-state index is 0. The molecule has 0 spiro atoms. The second kappa shape index (κ2) is 1230. The smallest absolute Gasteiger partial charge is 0.0776 e. The topological polar surface area (TPSA) is 0 Å². The Hall–Kier alpha value is 1.46. The molecule has 0 N–H and O–H groups in total. The molecule has 0 aliphatic rings. The Bertz CT molecular complexity index is 8.28. The van der Waals surface area contributed by atoms with Gasteiger partial charge in [0.15, 0.2) is 0 Å². The van der Waals surface area contributed by atoms with E-state index < -0.39 is 0 Å². The largest absolute Gasteiger partial charge is 0.107 e. The summed E-state index contributed by atoms with van der Waals surface area (Å²) in [6, 6.07) is 0. The predicted molar refractivity (Wildman–Crippen MR) is 112 cm³/mol. The standard InChI is InChI=1S/12CH4.2HI/h12*1H4;2*1H. The van der Waals surface area contributed by atoms with Crippen LogP contribution < -0.4 is 0 Å². The van der Waals surface area contributed by atoms with E-state index in [0.717, 1.165) is 0 Å². The first-order chi connectivity index (χ1) is 0. The minimum Gasteiger partial charge on any atom is -0.107 e. The quantitative estimate of drug-likeness (QED) is 0.325. The molecule has 0 bridgehead atoms. The van der Waals surface area contributed by atoms with Gasteiger partial charge in [0.05, 0.1) is 0 Å². The maximum atomic E-state index is 0. The van der Waals surface area contributed by atoms with Crippen LogP contribution in [-0.4, -0.2) is 0 Å². The van der Waals surface area contributed by atoms with Crippen LogP contribution in [0.2, 0.25) is 0 Å². The van der Waals surface area contributed by atoms with E-state index in [0.29, 0.717) is 0 Å². The van der Waals surface area contributed by atoms with Crippen LogP contribution in [0.4, 0.5) is 0 Å². The van der Waals surface area contributed by atoms with E-state index >= 15 is 0 Å². The van der Waals surface area contributed by atoms with E-state index in [2.05, 4.69) is 0 Å². The van der Waals surface area contributed by atoms with Gasteiger partial charge < -0.3 is 0 Å². The summed E-state index contributed by atoms with van der Waals surface area (Å²) in [7, 11) is 0. The molecule has 0 rings (SSSR count). The lowest BCUT2D eigenvalue weighted by atomic mass is 12.0. The van der Waals surface area contributed by atoms with Gasteiger partial charge in [-0.05, 0) is 0 Å². The molecule has 0 amide bonds. The van der Waals surface area contributed by atoms with Gasteiger partial charge in [-0.1, -0.05) is 89.1 Å². The molecule has 0 aromatic rings. The fraction of sp³-hybridized carbons (Fsp3) is 1.00. The summed E-state index contributed by atoms with van der Waals surface area (Å²) in [5, 5.41) is 0. The number of hydrogen-bond acceptors (Lipinski definition) is 0. The molecule has 0 aromatic carbocycles. The van der Waals surface area contributed by atoms with Crippen molar-refractivity contribution >= 4 is 48.0 Å². The van der Waals surface area contributed by atoms with Crippen LogP contribution >= 0.6 is 48.0 Å². The molecular weight excluding hydrogens is 398 g/mol. The predicted octanol–water partition coefficient (Wildman–Crippen LogP) is 8.87. The lowest BCUT2D eigenvalue weighted by Gasteiger charge is -0.108. The SMILES string of the molecule is C.C.C.C.C.C.C.C.C.C.C.C.I.I. The van der Waals surface area contributed by atoms with Gasteiger partial charge in [-0.25, -0.2) is 0 Å². The summed E-state index contributed by atoms with van der Waals surface area (Å²) in [6.07, 6.45) is 0. The highest BCUT2D eigenvalue weighted by atomic mass is 127. The average Bonchev–Trinajstić information content (AvgIpc) is 0. The molecule has 0 aromatic heterocycles. The zero-order valence-electron chi connectivity index (χ0n) is 0.816. The highest BCUT2D eigenvalue weighted by molar-refractivity contribution is 14.0. The molecule has 112 valence electrons. The molecule has 0 nitrogen and oxygen atoms in total. The lowest BCUT2D eigenvalue weighted by molar-refractivity contribution is 2.50. The van der Waals surface area contributed by atoms with Crippen LogP contribution in [0.3, 0.4) is 0 Å². The summed E-state index contributed by atoms with van der Waals surface area (Å²) in [5.74, 6) is 0. The molecule has 0 heterocycles. The molecule has 14 heavy (non-hydrogen) atoms. The van der Waals surface area contributed by atoms with Crippen molar-refractivity contribution in [3.8, 4) is 0 Å². The fourth-order valence-corrected chi connectivity index (χ4v) is 0. The fourth-order valence-electron chi connectivity index (χ4n) is 0. The highest BCUT2D eigenvalue weighted by Crippen LogP contribution is 0.887. The minimum atomic E-state index is 0. The maximum absolute atomic E-state index is 0. The van der Waals surface area contributed by atoms with Crippen LogP contribution in [0.15, 0.2) is 0 Å². The third-order valence-corrected chi connectivity index (χ3v) is 0. The van der Waals surface area contributed by atoms with Gasteiger partial charge in [0.2, 0.25) is 0 Å². The first-order valence-electron chi connectivity index (χ1n) is 0. The zero-order chi connectivity index (χ0) is 0. The van der Waals surface area contributed by atoms with Gasteiger partial charge in [-0.2, -0.15) is 0 Å². The Morgan fingerprint density at radius 3 is 0.143 bits per heavy atom. The summed E-state index contributed by atoms with van der Waals surface area (Å²) >= 11 is 0. The number of halogens is 2. The molecule has 2 heteroatoms. The van der Waals surface area contributed by atoms with E-state index in [1.165, 1.54) is 0 Å². The molecule has 0 atom stereocenters. The molecule has 0 unspecified atom stereocenters. The van der Waals surface area contributed by atoms with Gasteiger partial charge in [0.25, 0.3) is 0 Å². The van der Waals surface area contributed by atoms with Gasteiger partial charge >= 0.3 is 0 Å². The van der Waals surface area contributed by atoms with E-state index in [-0.39, 0.29) is 137 Å². The van der Waals surface area contributed by atoms with Crippen LogP contribution in [0, 0.1) is 0 Å². The van der Waals surface area contributed by atoms with E-state index in [9.17, 15) is 0 Å². The molecule has 0 aliphatic heterocycles. The van der Waals surface area contributed by atoms with Crippen molar-refractivity contribution < 1.29 is 0 Å². The molecule has 0 fully saturated rings. The third kappa shape index (κ3) is 980. The lowest BCUT2D eigenvalue weighted by Crippen LogP contribution is 0.143. The van der Waals surface area contributed by atoms with Crippen LogP contribution in [0.1, 0.15) is 89.1 Å². The van der Waals surface area contributed by atoms with Gasteiger partial charge in [0, 0.05) is 0 Å². The Balaban J connectivity index is 0. The van der Waals surface area contributed by atoms with Crippen molar-refractivity contribution in [3.63, 3.8) is 0 Å². The molecule has 0 saturated carbocycles. The van der Waals surface area contributed by atoms with Crippen LogP contribution in [0.5, 0.6) is 0 Å². The van der Waals surface area contributed by atoms with Crippen molar-refractivity contribution in [3.05, 3.63) is 0 Å². The second-order valence-electron chi connectivity index (χ2n) is 0. The normalized spacial score (nSPS) is 0. The Morgan fingerprint density at radius 1 is 0.143 bits per heavy atom. The van der Waals surface area contributed by atoms with Crippen molar-refractivity contribution in [1.29, 1.82) is 0 Å². The first-order valence-corrected chi connectivity index (χ1v) is 0. The van der Waals surface area contributed by atoms with Crippen molar-refractivity contribution in [1.82, 2.24) is 0 Å². The first kappa shape index (κ1) is 1520. The monoisotopic (exact) mass is 448 g/mol. The molecular formula is C12H50I2. The van der Waals surface area contributed by atoms with E-state index in [1.54, 1.807) is 0 Å². The summed E-state index contributed by atoms with van der Waals surface area (Å²) in [4.78, 5) is 0. The molecule has 0 radical (unpaired) electrons. The Labute approximate surface area is 136 Å². The van der Waals surface area contributed by atoms with Crippen molar-refractivity contribution in [2.45, 2.75) is 89.1 Å². The van der Waals surface area contributed by atoms with Gasteiger partial charge in [0.1, 0.15) is 0 Å². The number of rotatable bonds is 0.